The number of benzene rings is 6. The van der Waals surface area contributed by atoms with Gasteiger partial charge in [0.2, 0.25) is 11.5 Å². The number of nitrogens with one attached hydrogen (secondary N) is 2. The summed E-state index contributed by atoms with van der Waals surface area (Å²) in [4.78, 5) is 77.0. The highest BCUT2D eigenvalue weighted by Crippen LogP contribution is 2.50. The summed E-state index contributed by atoms with van der Waals surface area (Å²) in [6, 6.07) is 29.8. The Morgan fingerprint density at radius 1 is 0.602 bits per heavy atom. The lowest BCUT2D eigenvalue weighted by Gasteiger charge is -2.26. The van der Waals surface area contributed by atoms with E-state index in [9.17, 15) is 32.8 Å². The van der Waals surface area contributed by atoms with Crippen molar-refractivity contribution < 1.29 is 65.7 Å². The molecule has 1 fully saturated rings. The lowest BCUT2D eigenvalue weighted by atomic mass is 10.1. The molecule has 3 aliphatic heterocycles. The highest BCUT2D eigenvalue weighted by atomic mass is 35.5. The zero-order valence-corrected chi connectivity index (χ0v) is 50.8. The molecule has 0 saturated carbocycles. The molecule has 0 spiro atoms. The number of amides is 2. The van der Waals surface area contributed by atoms with E-state index in [4.69, 9.17) is 59.0 Å². The van der Waals surface area contributed by atoms with Crippen LogP contribution >= 0.6 is 11.6 Å². The number of carbonyl (C=O) groups excluding carboxylic acids is 2. The predicted molar refractivity (Wildman–Crippen MR) is 339 cm³/mol. The molecule has 0 aliphatic carbocycles. The molecule has 13 rings (SSSR count). The first kappa shape index (κ1) is 62.2. The van der Waals surface area contributed by atoms with Crippen LogP contribution in [-0.4, -0.2) is 120 Å². The Bertz CT molecular complexity index is 4660. The quantitative estimate of drug-likeness (QED) is 0.0805. The Hall–Kier alpha value is -11.0. The minimum absolute atomic E-state index is 0.0626. The molecule has 476 valence electrons. The molecule has 0 atom stereocenters. The van der Waals surface area contributed by atoms with Crippen LogP contribution in [0, 0.1) is 11.6 Å². The number of halogens is 3. The van der Waals surface area contributed by atoms with Crippen LogP contribution in [0.1, 0.15) is 27.1 Å². The van der Waals surface area contributed by atoms with E-state index in [1.165, 1.54) is 73.5 Å². The van der Waals surface area contributed by atoms with Crippen molar-refractivity contribution in [3.05, 3.63) is 205 Å². The number of anilines is 2. The number of hydrogen-bond acceptors (Lipinski definition) is 18. The van der Waals surface area contributed by atoms with Crippen LogP contribution in [0.5, 0.6) is 63.2 Å². The van der Waals surface area contributed by atoms with Crippen molar-refractivity contribution >= 4 is 56.6 Å². The number of pyridine rings is 3. The van der Waals surface area contributed by atoms with E-state index in [-0.39, 0.29) is 33.3 Å². The first-order valence-electron chi connectivity index (χ1n) is 29.1. The largest absolute Gasteiger partial charge is 0.496 e. The summed E-state index contributed by atoms with van der Waals surface area (Å²) >= 11 is 6.62. The number of morpholine rings is 1. The van der Waals surface area contributed by atoms with E-state index in [0.717, 1.165) is 66.7 Å². The van der Waals surface area contributed by atoms with Gasteiger partial charge in [0.25, 0.3) is 22.9 Å². The van der Waals surface area contributed by atoms with Crippen LogP contribution in [0.4, 0.5) is 20.2 Å². The summed E-state index contributed by atoms with van der Waals surface area (Å²) in [6.07, 6.45) is 6.68. The number of fused-ring (bicyclic) bond motifs is 6. The molecular formula is C67H57ClF2N8O15. The second-order valence-electron chi connectivity index (χ2n) is 21.0. The van der Waals surface area contributed by atoms with Crippen LogP contribution in [0.2, 0.25) is 5.02 Å². The minimum Gasteiger partial charge on any atom is -0.496 e. The third kappa shape index (κ3) is 13.4. The first-order valence-corrected chi connectivity index (χ1v) is 29.5. The third-order valence-electron chi connectivity index (χ3n) is 15.0. The van der Waals surface area contributed by atoms with Crippen LogP contribution in [0.15, 0.2) is 160 Å². The average Bonchev–Trinajstić information content (AvgIpc) is 0.844. The van der Waals surface area contributed by atoms with Gasteiger partial charge in [-0.1, -0.05) is 11.6 Å². The highest BCUT2D eigenvalue weighted by Gasteiger charge is 2.28. The van der Waals surface area contributed by atoms with Crippen LogP contribution in [0.25, 0.3) is 33.2 Å². The van der Waals surface area contributed by atoms with Gasteiger partial charge in [-0.3, -0.25) is 38.6 Å². The molecule has 0 bridgehead atoms. The van der Waals surface area contributed by atoms with Gasteiger partial charge in [-0.25, -0.2) is 18.1 Å². The third-order valence-corrected chi connectivity index (χ3v) is 15.3. The predicted octanol–water partition coefficient (Wildman–Crippen LogP) is 10.2. The molecular weight excluding hydrogens is 1230 g/mol. The van der Waals surface area contributed by atoms with Crippen molar-refractivity contribution in [1.82, 2.24) is 28.6 Å². The normalized spacial score (nSPS) is 13.3. The molecule has 0 unspecified atom stereocenters. The van der Waals surface area contributed by atoms with Crippen molar-refractivity contribution in [2.75, 3.05) is 90.7 Å². The standard InChI is InChI=1S/C37H34ClFN4O8.C30H23FN4O7/c1-46-29-10-13-43(24-5-3-23(39)4-6-24)37(45)33(29)36(44)41-27-8-7-25(21-26(27)38)51-30-9-11-40-28-22-31(34-35(32(28)30)50-20-19-49-34)48-16-2-12-42-14-17-47-18-15-42;1-34-16-21(29(37)35(30(34)38)19-7-3-17(31)4-8-19)28(36)33-18-5-9-20(10-6-18)42-23-11-12-32-22-15-24(39-2)26-27(25(22)23)41-14-13-40-26/h3-11,13,21-22H,2,12,14-20H2,1H3,(H,41,44);3-12,15-16H,13-14H2,1-2H3,(H,33,36). The zero-order valence-electron chi connectivity index (χ0n) is 50.1. The minimum atomic E-state index is -0.835. The Labute approximate surface area is 532 Å². The monoisotopic (exact) mass is 1290 g/mol. The topological polar surface area (TPSA) is 246 Å². The van der Waals surface area contributed by atoms with Crippen molar-refractivity contribution in [2.24, 2.45) is 7.05 Å². The molecule has 3 aliphatic rings. The highest BCUT2D eigenvalue weighted by molar-refractivity contribution is 6.34. The number of rotatable bonds is 17. The smallest absolute Gasteiger partial charge is 0.335 e. The van der Waals surface area contributed by atoms with E-state index in [2.05, 4.69) is 25.5 Å². The second kappa shape index (κ2) is 27.6. The molecule has 93 heavy (non-hydrogen) atoms. The molecule has 10 aromatic rings. The number of ether oxygens (including phenoxy) is 10. The lowest BCUT2D eigenvalue weighted by Crippen LogP contribution is -2.41. The van der Waals surface area contributed by atoms with Crippen molar-refractivity contribution in [3.63, 3.8) is 0 Å². The summed E-state index contributed by atoms with van der Waals surface area (Å²) in [7, 11) is 4.31. The number of carbonyl (C=O) groups is 2. The van der Waals surface area contributed by atoms with Gasteiger partial charge in [0.1, 0.15) is 77.9 Å². The van der Waals surface area contributed by atoms with Gasteiger partial charge in [0.15, 0.2) is 23.0 Å². The number of aromatic nitrogens is 5. The summed E-state index contributed by atoms with van der Waals surface area (Å²) < 4.78 is 88.6. The molecule has 7 heterocycles. The van der Waals surface area contributed by atoms with Gasteiger partial charge in [-0.15, -0.1) is 0 Å². The fraction of sp³-hybridized carbons (Fsp3) is 0.209. The first-order chi connectivity index (χ1) is 45.2. The molecule has 23 nitrogen and oxygen atoms in total. The van der Waals surface area contributed by atoms with Gasteiger partial charge in [0, 0.05) is 81.0 Å². The molecule has 26 heteroatoms. The number of aryl methyl sites for hydroxylation is 1. The van der Waals surface area contributed by atoms with Gasteiger partial charge in [-0.2, -0.15) is 0 Å². The van der Waals surface area contributed by atoms with Crippen LogP contribution in [-0.2, 0) is 11.8 Å². The summed E-state index contributed by atoms with van der Waals surface area (Å²) in [5.41, 5.74) is -0.369. The SMILES string of the molecule is COc1cc2nccc(Oc3ccc(NC(=O)c4cn(C)c(=O)n(-c5ccc(F)cc5)c4=O)cc3)c2c2c1OCCO2.COc1ccn(-c2ccc(F)cc2)c(=O)c1C(=O)Nc1ccc(Oc2ccnc3cc(OCCCN4CCOCC4)c4c(c23)OCCO4)cc1Cl. The molecule has 1 saturated heterocycles. The molecule has 0 radical (unpaired) electrons. The number of hydrogen-bond donors (Lipinski definition) is 2. The van der Waals surface area contributed by atoms with Gasteiger partial charge >= 0.3 is 5.69 Å². The Morgan fingerprint density at radius 2 is 1.17 bits per heavy atom. The van der Waals surface area contributed by atoms with Gasteiger partial charge < -0.3 is 62.6 Å². The Balaban J connectivity index is 0.000000182. The fourth-order valence-electron chi connectivity index (χ4n) is 10.5. The lowest BCUT2D eigenvalue weighted by molar-refractivity contribution is 0.0357. The molecule has 4 aromatic heterocycles. The zero-order chi connectivity index (χ0) is 64.7. The van der Waals surface area contributed by atoms with E-state index in [0.29, 0.717) is 124 Å². The van der Waals surface area contributed by atoms with Crippen molar-refractivity contribution in [1.29, 1.82) is 0 Å². The fourth-order valence-corrected chi connectivity index (χ4v) is 10.7. The van der Waals surface area contributed by atoms with E-state index in [1.54, 1.807) is 74.1 Å². The maximum absolute atomic E-state index is 13.5. The van der Waals surface area contributed by atoms with Crippen LogP contribution < -0.4 is 70.1 Å². The van der Waals surface area contributed by atoms with Crippen molar-refractivity contribution in [3.8, 4) is 74.6 Å². The van der Waals surface area contributed by atoms with E-state index >= 15 is 0 Å². The Morgan fingerprint density at radius 3 is 1.78 bits per heavy atom. The second-order valence-corrected chi connectivity index (χ2v) is 21.4. The molecule has 2 amide bonds. The number of methoxy groups -OCH3 is 2. The Kier molecular flexibility index (Phi) is 18.5. The van der Waals surface area contributed by atoms with Gasteiger partial charge in [0.05, 0.1) is 72.2 Å². The summed E-state index contributed by atoms with van der Waals surface area (Å²) in [5, 5.41) is 6.74. The van der Waals surface area contributed by atoms with E-state index in [1.807, 2.05) is 6.07 Å². The molecule has 6 aromatic carbocycles. The summed E-state index contributed by atoms with van der Waals surface area (Å²) in [5.74, 6) is 2.35. The van der Waals surface area contributed by atoms with Crippen molar-refractivity contribution in [2.45, 2.75) is 6.42 Å². The summed E-state index contributed by atoms with van der Waals surface area (Å²) in [6.45, 7) is 6.22. The van der Waals surface area contributed by atoms with Crippen LogP contribution in [0.3, 0.4) is 0 Å². The maximum atomic E-state index is 13.5. The molecule has 2 N–H and O–H groups in total. The average molecular weight is 1290 g/mol. The van der Waals surface area contributed by atoms with Gasteiger partial charge in [-0.05, 0) is 110 Å². The van der Waals surface area contributed by atoms with E-state index < -0.39 is 40.3 Å². The maximum Gasteiger partial charge on any atom is 0.335 e. The number of nitrogens with zero attached hydrogens (tertiary/aromatic N) is 6.